The van der Waals surface area contributed by atoms with Crippen molar-refractivity contribution in [3.05, 3.63) is 47.5 Å². The highest BCUT2D eigenvalue weighted by Gasteiger charge is 2.12. The molecule has 0 amide bonds. The Morgan fingerprint density at radius 2 is 1.71 bits per heavy atom. The summed E-state index contributed by atoms with van der Waals surface area (Å²) in [6, 6.07) is 12.6. The maximum Gasteiger partial charge on any atom is 0.162 e. The van der Waals surface area contributed by atoms with Crippen LogP contribution in [0.1, 0.15) is 11.1 Å². The Morgan fingerprint density at radius 1 is 1.00 bits per heavy atom. The Balaban J connectivity index is 1.78. The van der Waals surface area contributed by atoms with E-state index in [2.05, 4.69) is 31.2 Å². The summed E-state index contributed by atoms with van der Waals surface area (Å²) in [6.07, 6.45) is 0.931. The highest BCUT2D eigenvalue weighted by Crippen LogP contribution is 2.37. The van der Waals surface area contributed by atoms with E-state index in [4.69, 9.17) is 15.2 Å². The van der Waals surface area contributed by atoms with Crippen LogP contribution < -0.4 is 15.2 Å². The van der Waals surface area contributed by atoms with Gasteiger partial charge in [-0.25, -0.2) is 0 Å². The first kappa shape index (κ1) is 14.3. The molecule has 110 valence electrons. The number of ether oxygens (including phenoxy) is 2. The van der Waals surface area contributed by atoms with Crippen LogP contribution in [0.15, 0.2) is 46.2 Å². The first-order chi connectivity index (χ1) is 10.3. The van der Waals surface area contributed by atoms with Gasteiger partial charge < -0.3 is 15.2 Å². The van der Waals surface area contributed by atoms with Gasteiger partial charge in [0.1, 0.15) is 13.2 Å². The molecule has 0 aromatic heterocycles. The molecule has 2 aromatic rings. The van der Waals surface area contributed by atoms with Crippen LogP contribution >= 0.6 is 11.8 Å². The van der Waals surface area contributed by atoms with Crippen LogP contribution in [0, 0.1) is 6.92 Å². The second-order valence-corrected chi connectivity index (χ2v) is 6.18. The second-order valence-electron chi connectivity index (χ2n) is 5.03. The number of rotatable bonds is 4. The number of fused-ring (bicyclic) bond motifs is 1. The smallest absolute Gasteiger partial charge is 0.162 e. The molecular weight excluding hydrogens is 282 g/mol. The van der Waals surface area contributed by atoms with E-state index in [1.807, 2.05) is 12.1 Å². The molecule has 1 heterocycles. The van der Waals surface area contributed by atoms with Crippen LogP contribution in [-0.2, 0) is 6.42 Å². The van der Waals surface area contributed by atoms with Crippen molar-refractivity contribution in [2.75, 3.05) is 19.8 Å². The highest BCUT2D eigenvalue weighted by molar-refractivity contribution is 7.99. The van der Waals surface area contributed by atoms with Gasteiger partial charge in [-0.3, -0.25) is 0 Å². The van der Waals surface area contributed by atoms with Gasteiger partial charge in [-0.1, -0.05) is 17.8 Å². The molecule has 4 heteroatoms. The molecule has 0 saturated heterocycles. The zero-order valence-electron chi connectivity index (χ0n) is 12.1. The number of benzene rings is 2. The Morgan fingerprint density at radius 3 is 2.48 bits per heavy atom. The Labute approximate surface area is 129 Å². The van der Waals surface area contributed by atoms with E-state index in [9.17, 15) is 0 Å². The molecule has 3 nitrogen and oxygen atoms in total. The first-order valence-electron chi connectivity index (χ1n) is 7.13. The molecule has 1 aliphatic rings. The summed E-state index contributed by atoms with van der Waals surface area (Å²) in [5, 5.41) is 0. The Kier molecular flexibility index (Phi) is 4.36. The standard InChI is InChI=1S/C17H19NO2S/c1-12-10-14(3-2-13(12)6-7-18)21-15-4-5-16-17(11-15)20-9-8-19-16/h2-5,10-11H,6-9,18H2,1H3. The fourth-order valence-corrected chi connectivity index (χ4v) is 3.34. The van der Waals surface area contributed by atoms with E-state index in [-0.39, 0.29) is 0 Å². The summed E-state index contributed by atoms with van der Waals surface area (Å²) in [5.41, 5.74) is 8.24. The molecule has 0 unspecified atom stereocenters. The summed E-state index contributed by atoms with van der Waals surface area (Å²) in [4.78, 5) is 2.38. The third kappa shape index (κ3) is 3.34. The van der Waals surface area contributed by atoms with E-state index in [1.54, 1.807) is 11.8 Å². The Hall–Kier alpha value is -1.65. The predicted octanol–water partition coefficient (Wildman–Crippen LogP) is 3.42. The quantitative estimate of drug-likeness (QED) is 0.940. The molecular formula is C17H19NO2S. The van der Waals surface area contributed by atoms with Crippen molar-refractivity contribution in [3.8, 4) is 11.5 Å². The van der Waals surface area contributed by atoms with E-state index in [0.29, 0.717) is 19.8 Å². The molecule has 0 bridgehead atoms. The van der Waals surface area contributed by atoms with Crippen molar-refractivity contribution in [2.45, 2.75) is 23.1 Å². The molecule has 0 aliphatic carbocycles. The van der Waals surface area contributed by atoms with Crippen LogP contribution in [0.4, 0.5) is 0 Å². The molecule has 0 atom stereocenters. The van der Waals surface area contributed by atoms with Crippen molar-refractivity contribution < 1.29 is 9.47 Å². The van der Waals surface area contributed by atoms with Gasteiger partial charge in [0.25, 0.3) is 0 Å². The normalized spacial score (nSPS) is 13.2. The third-order valence-electron chi connectivity index (χ3n) is 3.48. The topological polar surface area (TPSA) is 44.5 Å². The average Bonchev–Trinajstić information content (AvgIpc) is 2.50. The molecule has 0 saturated carbocycles. The predicted molar refractivity (Wildman–Crippen MR) is 85.5 cm³/mol. The van der Waals surface area contributed by atoms with E-state index < -0.39 is 0 Å². The molecule has 2 aromatic carbocycles. The first-order valence-corrected chi connectivity index (χ1v) is 7.95. The number of aryl methyl sites for hydroxylation is 1. The van der Waals surface area contributed by atoms with Crippen molar-refractivity contribution in [1.29, 1.82) is 0 Å². The van der Waals surface area contributed by atoms with Crippen LogP contribution in [0.25, 0.3) is 0 Å². The maximum atomic E-state index is 5.62. The summed E-state index contributed by atoms with van der Waals surface area (Å²) in [5.74, 6) is 1.67. The summed E-state index contributed by atoms with van der Waals surface area (Å²) >= 11 is 1.73. The molecule has 1 aliphatic heterocycles. The van der Waals surface area contributed by atoms with Crippen LogP contribution in [-0.4, -0.2) is 19.8 Å². The lowest BCUT2D eigenvalue weighted by atomic mass is 10.1. The van der Waals surface area contributed by atoms with Crippen LogP contribution in [0.5, 0.6) is 11.5 Å². The zero-order valence-corrected chi connectivity index (χ0v) is 12.9. The second kappa shape index (κ2) is 6.41. The van der Waals surface area contributed by atoms with Crippen LogP contribution in [0.3, 0.4) is 0 Å². The minimum atomic E-state index is 0.619. The van der Waals surface area contributed by atoms with Crippen molar-refractivity contribution in [3.63, 3.8) is 0 Å². The molecule has 0 radical (unpaired) electrons. The number of hydrogen-bond donors (Lipinski definition) is 1. The molecule has 0 spiro atoms. The molecule has 21 heavy (non-hydrogen) atoms. The lowest BCUT2D eigenvalue weighted by Gasteiger charge is -2.18. The third-order valence-corrected chi connectivity index (χ3v) is 4.46. The largest absolute Gasteiger partial charge is 0.486 e. The van der Waals surface area contributed by atoms with Crippen molar-refractivity contribution in [2.24, 2.45) is 5.73 Å². The lowest BCUT2D eigenvalue weighted by Crippen LogP contribution is -2.15. The Bertz CT molecular complexity index is 643. The fourth-order valence-electron chi connectivity index (χ4n) is 2.39. The van der Waals surface area contributed by atoms with E-state index in [1.165, 1.54) is 16.0 Å². The summed E-state index contributed by atoms with van der Waals surface area (Å²) < 4.78 is 11.2. The summed E-state index contributed by atoms with van der Waals surface area (Å²) in [7, 11) is 0. The van der Waals surface area contributed by atoms with Gasteiger partial charge >= 0.3 is 0 Å². The average molecular weight is 301 g/mol. The minimum absolute atomic E-state index is 0.619. The molecule has 2 N–H and O–H groups in total. The van der Waals surface area contributed by atoms with E-state index >= 15 is 0 Å². The van der Waals surface area contributed by atoms with E-state index in [0.717, 1.165) is 22.8 Å². The van der Waals surface area contributed by atoms with Gasteiger partial charge in [-0.2, -0.15) is 0 Å². The summed E-state index contributed by atoms with van der Waals surface area (Å²) in [6.45, 7) is 4.07. The van der Waals surface area contributed by atoms with Gasteiger partial charge in [-0.15, -0.1) is 0 Å². The van der Waals surface area contributed by atoms with Crippen LogP contribution in [0.2, 0.25) is 0 Å². The van der Waals surface area contributed by atoms with Crippen molar-refractivity contribution >= 4 is 11.8 Å². The number of hydrogen-bond acceptors (Lipinski definition) is 4. The highest BCUT2D eigenvalue weighted by atomic mass is 32.2. The zero-order chi connectivity index (χ0) is 14.7. The SMILES string of the molecule is Cc1cc(Sc2ccc3c(c2)OCCO3)ccc1CCN. The fraction of sp³-hybridized carbons (Fsp3) is 0.294. The molecule has 3 rings (SSSR count). The maximum absolute atomic E-state index is 5.62. The van der Waals surface area contributed by atoms with Gasteiger partial charge in [0, 0.05) is 9.79 Å². The lowest BCUT2D eigenvalue weighted by molar-refractivity contribution is 0.171. The monoisotopic (exact) mass is 301 g/mol. The van der Waals surface area contributed by atoms with Gasteiger partial charge in [0.15, 0.2) is 11.5 Å². The van der Waals surface area contributed by atoms with Gasteiger partial charge in [-0.05, 0) is 61.3 Å². The minimum Gasteiger partial charge on any atom is -0.486 e. The van der Waals surface area contributed by atoms with Gasteiger partial charge in [0.05, 0.1) is 0 Å². The van der Waals surface area contributed by atoms with Crippen molar-refractivity contribution in [1.82, 2.24) is 0 Å². The molecule has 0 fully saturated rings. The number of nitrogens with two attached hydrogens (primary N) is 1. The van der Waals surface area contributed by atoms with Gasteiger partial charge in [0.2, 0.25) is 0 Å².